The average molecular weight is 642 g/mol. The zero-order valence-corrected chi connectivity index (χ0v) is 26.1. The number of sulfone groups is 1. The first kappa shape index (κ1) is 31.7. The molecule has 1 unspecified atom stereocenters. The van der Waals surface area contributed by atoms with Crippen molar-refractivity contribution in [1.82, 2.24) is 20.2 Å². The van der Waals surface area contributed by atoms with Crippen molar-refractivity contribution in [2.24, 2.45) is 7.05 Å². The summed E-state index contributed by atoms with van der Waals surface area (Å²) in [6, 6.07) is 7.20. The van der Waals surface area contributed by atoms with Crippen LogP contribution in [0.15, 0.2) is 53.6 Å². The standard InChI is InChI=1S/C31H33F2N5O6S/c1-31(2,3)44-30(41)36-14-26(39)34-13-25-20-12-35-28-27(20)21(15-37(4)29(28)40)19-10-17(16-45(5,42)43)6-8-23(19)38(25)24-9-7-18(32)11-22(24)33/h6-12,15,25,35H,13-14,16H2,1-5H3,(H,34,39)(H,36,41). The molecule has 1 aliphatic rings. The molecule has 0 aliphatic carbocycles. The number of nitrogens with one attached hydrogen (secondary N) is 3. The van der Waals surface area contributed by atoms with Gasteiger partial charge in [0.25, 0.3) is 5.56 Å². The Labute approximate surface area is 258 Å². The van der Waals surface area contributed by atoms with Gasteiger partial charge in [-0.2, -0.15) is 0 Å². The van der Waals surface area contributed by atoms with Gasteiger partial charge in [0.15, 0.2) is 9.84 Å². The summed E-state index contributed by atoms with van der Waals surface area (Å²) in [6.45, 7) is 4.53. The summed E-state index contributed by atoms with van der Waals surface area (Å²) >= 11 is 0. The number of rotatable bonds is 7. The fourth-order valence-corrected chi connectivity index (χ4v) is 6.27. The van der Waals surface area contributed by atoms with Crippen molar-refractivity contribution in [2.45, 2.75) is 38.2 Å². The molecule has 238 valence electrons. The number of H-pyrrole nitrogens is 1. The fourth-order valence-electron chi connectivity index (χ4n) is 5.48. The van der Waals surface area contributed by atoms with Crippen molar-refractivity contribution < 1.29 is 31.5 Å². The highest BCUT2D eigenvalue weighted by Crippen LogP contribution is 2.48. The number of hydrogen-bond acceptors (Lipinski definition) is 7. The quantitative estimate of drug-likeness (QED) is 0.275. The predicted octanol–water partition coefficient (Wildman–Crippen LogP) is 4.19. The highest BCUT2D eigenvalue weighted by Gasteiger charge is 2.34. The van der Waals surface area contributed by atoms with E-state index in [1.54, 1.807) is 63.3 Å². The van der Waals surface area contributed by atoms with Gasteiger partial charge in [-0.3, -0.25) is 9.59 Å². The lowest BCUT2D eigenvalue weighted by Gasteiger charge is -2.34. The summed E-state index contributed by atoms with van der Waals surface area (Å²) in [5.74, 6) is -2.49. The second-order valence-electron chi connectivity index (χ2n) is 12.0. The molecule has 2 aromatic carbocycles. The van der Waals surface area contributed by atoms with Crippen LogP contribution in [0, 0.1) is 11.6 Å². The molecular weight excluding hydrogens is 608 g/mol. The van der Waals surface area contributed by atoms with Crippen molar-refractivity contribution in [2.75, 3.05) is 24.2 Å². The Morgan fingerprint density at radius 1 is 1.04 bits per heavy atom. The van der Waals surface area contributed by atoms with Crippen LogP contribution < -0.4 is 21.1 Å². The van der Waals surface area contributed by atoms with Crippen molar-refractivity contribution in [1.29, 1.82) is 0 Å². The second kappa shape index (κ2) is 11.7. The molecule has 0 saturated heterocycles. The van der Waals surface area contributed by atoms with E-state index in [4.69, 9.17) is 4.74 Å². The monoisotopic (exact) mass is 641 g/mol. The Kier molecular flexibility index (Phi) is 8.21. The number of carbonyl (C=O) groups excluding carboxylic acids is 2. The van der Waals surface area contributed by atoms with Crippen LogP contribution in [0.3, 0.4) is 0 Å². The summed E-state index contributed by atoms with van der Waals surface area (Å²) in [5, 5.41) is 5.67. The molecule has 3 N–H and O–H groups in total. The Balaban J connectivity index is 1.66. The molecule has 1 aliphatic heterocycles. The Morgan fingerprint density at radius 2 is 1.76 bits per heavy atom. The third-order valence-electron chi connectivity index (χ3n) is 7.20. The number of aromatic nitrogens is 2. The third-order valence-corrected chi connectivity index (χ3v) is 8.06. The van der Waals surface area contributed by atoms with Gasteiger partial charge in [-0.25, -0.2) is 22.0 Å². The number of amides is 2. The fraction of sp³-hybridized carbons (Fsp3) is 0.323. The summed E-state index contributed by atoms with van der Waals surface area (Å²) < 4.78 is 60.6. The molecule has 45 heavy (non-hydrogen) atoms. The maximum atomic E-state index is 15.6. The highest BCUT2D eigenvalue weighted by atomic mass is 32.2. The molecule has 5 rings (SSSR count). The van der Waals surface area contributed by atoms with E-state index >= 15 is 4.39 Å². The number of anilines is 2. The van der Waals surface area contributed by atoms with Gasteiger partial charge in [0.1, 0.15) is 22.8 Å². The van der Waals surface area contributed by atoms with Crippen molar-refractivity contribution in [3.05, 3.63) is 81.9 Å². The molecular formula is C31H33F2N5O6S. The van der Waals surface area contributed by atoms with Crippen LogP contribution in [-0.4, -0.2) is 54.9 Å². The van der Waals surface area contributed by atoms with Crippen LogP contribution in [0.2, 0.25) is 0 Å². The maximum absolute atomic E-state index is 15.6. The average Bonchev–Trinajstić information content (AvgIpc) is 3.32. The highest BCUT2D eigenvalue weighted by molar-refractivity contribution is 7.89. The predicted molar refractivity (Wildman–Crippen MR) is 166 cm³/mol. The van der Waals surface area contributed by atoms with Crippen molar-refractivity contribution in [3.63, 3.8) is 0 Å². The lowest BCUT2D eigenvalue weighted by Crippen LogP contribution is -2.42. The number of benzene rings is 2. The summed E-state index contributed by atoms with van der Waals surface area (Å²) in [5.41, 5.74) is 1.64. The van der Waals surface area contributed by atoms with E-state index < -0.39 is 51.7 Å². The van der Waals surface area contributed by atoms with Gasteiger partial charge in [0.2, 0.25) is 5.91 Å². The van der Waals surface area contributed by atoms with Crippen LogP contribution >= 0.6 is 0 Å². The summed E-state index contributed by atoms with van der Waals surface area (Å²) in [6.07, 6.45) is 3.56. The smallest absolute Gasteiger partial charge is 0.408 e. The number of hydrogen-bond donors (Lipinski definition) is 3. The van der Waals surface area contributed by atoms with E-state index in [0.29, 0.717) is 33.3 Å². The van der Waals surface area contributed by atoms with Crippen LogP contribution in [-0.2, 0) is 32.2 Å². The molecule has 0 saturated carbocycles. The molecule has 11 nitrogen and oxygen atoms in total. The van der Waals surface area contributed by atoms with Crippen molar-refractivity contribution in [3.8, 4) is 11.1 Å². The molecule has 0 fully saturated rings. The van der Waals surface area contributed by atoms with Crippen LogP contribution in [0.1, 0.15) is 37.9 Å². The third kappa shape index (κ3) is 6.70. The molecule has 0 radical (unpaired) electrons. The number of alkyl carbamates (subject to hydrolysis) is 1. The Hall–Kier alpha value is -4.72. The summed E-state index contributed by atoms with van der Waals surface area (Å²) in [7, 11) is -1.84. The Bertz CT molecular complexity index is 2000. The zero-order chi connectivity index (χ0) is 32.8. The number of nitrogens with zero attached hydrogens (tertiary/aromatic N) is 2. The first-order valence-corrected chi connectivity index (χ1v) is 16.1. The van der Waals surface area contributed by atoms with Gasteiger partial charge in [-0.15, -0.1) is 0 Å². The van der Waals surface area contributed by atoms with Crippen LogP contribution in [0.5, 0.6) is 0 Å². The summed E-state index contributed by atoms with van der Waals surface area (Å²) in [4.78, 5) is 42.8. The van der Waals surface area contributed by atoms with Gasteiger partial charge in [-0.05, 0) is 50.6 Å². The van der Waals surface area contributed by atoms with Gasteiger partial charge < -0.3 is 29.8 Å². The number of fused-ring (bicyclic) bond motifs is 2. The second-order valence-corrected chi connectivity index (χ2v) is 14.2. The lowest BCUT2D eigenvalue weighted by atomic mass is 9.98. The molecule has 1 atom stereocenters. The first-order chi connectivity index (χ1) is 21.0. The molecule has 3 heterocycles. The number of carbonyl (C=O) groups is 2. The van der Waals surface area contributed by atoms with E-state index in [1.807, 2.05) is 0 Å². The number of aromatic amines is 1. The van der Waals surface area contributed by atoms with Gasteiger partial charge in [0, 0.05) is 66.1 Å². The Morgan fingerprint density at radius 3 is 2.42 bits per heavy atom. The van der Waals surface area contributed by atoms with E-state index in [-0.39, 0.29) is 29.1 Å². The van der Waals surface area contributed by atoms with E-state index in [2.05, 4.69) is 15.6 Å². The van der Waals surface area contributed by atoms with Gasteiger partial charge in [0.05, 0.1) is 24.0 Å². The number of aryl methyl sites for hydroxylation is 1. The number of ether oxygens (including phenoxy) is 1. The van der Waals surface area contributed by atoms with Crippen molar-refractivity contribution >= 4 is 44.1 Å². The molecule has 0 bridgehead atoms. The minimum absolute atomic E-state index is 0.0199. The van der Waals surface area contributed by atoms with E-state index in [1.165, 1.54) is 10.6 Å². The molecule has 4 aromatic rings. The maximum Gasteiger partial charge on any atom is 0.408 e. The minimum atomic E-state index is -3.42. The molecule has 0 spiro atoms. The van der Waals surface area contributed by atoms with Gasteiger partial charge in [-0.1, -0.05) is 6.07 Å². The van der Waals surface area contributed by atoms with Crippen LogP contribution in [0.4, 0.5) is 25.0 Å². The zero-order valence-electron chi connectivity index (χ0n) is 25.3. The first-order valence-electron chi connectivity index (χ1n) is 14.0. The van der Waals surface area contributed by atoms with E-state index in [0.717, 1.165) is 18.4 Å². The van der Waals surface area contributed by atoms with E-state index in [9.17, 15) is 27.2 Å². The topological polar surface area (TPSA) is 143 Å². The molecule has 2 amide bonds. The minimum Gasteiger partial charge on any atom is -0.444 e. The SMILES string of the molecule is Cn1cc2c3c(c[nH]c3c1=O)C(CNC(=O)CNC(=O)OC(C)(C)C)N(c1ccc(F)cc1F)c1ccc(CS(C)(=O)=O)cc1-2. The number of halogens is 2. The largest absolute Gasteiger partial charge is 0.444 e. The molecule has 14 heteroatoms. The number of pyridine rings is 1. The lowest BCUT2D eigenvalue weighted by molar-refractivity contribution is -0.120. The van der Waals surface area contributed by atoms with Gasteiger partial charge >= 0.3 is 6.09 Å². The van der Waals surface area contributed by atoms with Crippen LogP contribution in [0.25, 0.3) is 22.0 Å². The normalized spacial score (nSPS) is 14.6. The molecule has 2 aromatic heterocycles.